The molecular weight excluding hydrogens is 614 g/mol. The Morgan fingerprint density at radius 2 is 1.86 bits per heavy atom. The number of alkyl carbamates (subject to hydrolysis) is 1. The normalized spacial score (nSPS) is 15.2. The van der Waals surface area contributed by atoms with Gasteiger partial charge in [-0.15, -0.1) is 0 Å². The molecule has 1 aromatic carbocycles. The molecule has 1 atom stereocenters. The van der Waals surface area contributed by atoms with Gasteiger partial charge >= 0.3 is 12.1 Å². The highest BCUT2D eigenvalue weighted by atomic mass is 79.9. The van der Waals surface area contributed by atoms with E-state index < -0.39 is 23.6 Å². The number of H-pyrrole nitrogens is 1. The first-order valence-electron chi connectivity index (χ1n) is 11.4. The van der Waals surface area contributed by atoms with Crippen molar-refractivity contribution in [2.45, 2.75) is 38.8 Å². The van der Waals surface area contributed by atoms with Crippen molar-refractivity contribution in [2.24, 2.45) is 0 Å². The van der Waals surface area contributed by atoms with E-state index in [0.29, 0.717) is 51.2 Å². The number of aromatic amines is 1. The molecule has 0 unspecified atom stereocenters. The Kier molecular flexibility index (Phi) is 9.24. The summed E-state index contributed by atoms with van der Waals surface area (Å²) in [6, 6.07) is 6.27. The zero-order valence-corrected chi connectivity index (χ0v) is 24.0. The van der Waals surface area contributed by atoms with Crippen LogP contribution >= 0.6 is 31.9 Å². The molecule has 2 aromatic rings. The number of aromatic nitrogens is 1. The number of ether oxygens (including phenoxy) is 2. The first-order valence-corrected chi connectivity index (χ1v) is 13.0. The zero-order chi connectivity index (χ0) is 27.3. The molecule has 13 heteroatoms. The second-order valence-corrected chi connectivity index (χ2v) is 11.0. The molecule has 1 fully saturated rings. The van der Waals surface area contributed by atoms with Gasteiger partial charge < -0.3 is 35.3 Å². The monoisotopic (exact) mass is 641 g/mol. The number of carbonyl (C=O) groups excluding carboxylic acids is 4. The van der Waals surface area contributed by atoms with Crippen LogP contribution in [0.5, 0.6) is 0 Å². The quantitative estimate of drug-likeness (QED) is 0.337. The van der Waals surface area contributed by atoms with E-state index in [1.54, 1.807) is 45.0 Å². The maximum atomic E-state index is 12.9. The molecule has 3 rings (SSSR count). The fraction of sp³-hybridized carbons (Fsp3) is 0.417. The summed E-state index contributed by atoms with van der Waals surface area (Å²) < 4.78 is 11.3. The van der Waals surface area contributed by atoms with Gasteiger partial charge in [-0.2, -0.15) is 0 Å². The van der Waals surface area contributed by atoms with Crippen molar-refractivity contribution in [1.82, 2.24) is 15.6 Å². The number of nitrogens with one attached hydrogen (secondary N) is 4. The van der Waals surface area contributed by atoms with Crippen molar-refractivity contribution in [1.29, 1.82) is 0 Å². The summed E-state index contributed by atoms with van der Waals surface area (Å²) in [5.41, 5.74) is 1.08. The first kappa shape index (κ1) is 28.5. The van der Waals surface area contributed by atoms with Gasteiger partial charge in [0.2, 0.25) is 0 Å². The minimum Gasteiger partial charge on any atom is -0.468 e. The Morgan fingerprint density at radius 1 is 1.14 bits per heavy atom. The van der Waals surface area contributed by atoms with Crippen molar-refractivity contribution in [3.8, 4) is 0 Å². The summed E-state index contributed by atoms with van der Waals surface area (Å²) in [5, 5.41) is 8.27. The number of amides is 3. The second kappa shape index (κ2) is 12.0. The topological polar surface area (TPSA) is 142 Å². The van der Waals surface area contributed by atoms with Crippen LogP contribution in [0.4, 0.5) is 16.2 Å². The SMILES string of the molecule is COC(=O)CNC(=O)c1ccc(NC(=O)c2cc(Br)c(Br)[nH]2)c(N2CC[C@@H](NC(=O)OC(C)(C)C)C2)c1. The number of hydrogen-bond donors (Lipinski definition) is 4. The van der Waals surface area contributed by atoms with E-state index in [9.17, 15) is 19.2 Å². The highest BCUT2D eigenvalue weighted by Crippen LogP contribution is 2.31. The highest BCUT2D eigenvalue weighted by Gasteiger charge is 2.28. The van der Waals surface area contributed by atoms with Crippen molar-refractivity contribution in [2.75, 3.05) is 37.0 Å². The fourth-order valence-electron chi connectivity index (χ4n) is 3.65. The number of methoxy groups -OCH3 is 1. The van der Waals surface area contributed by atoms with E-state index in [2.05, 4.69) is 57.5 Å². The maximum Gasteiger partial charge on any atom is 0.407 e. The zero-order valence-electron chi connectivity index (χ0n) is 20.9. The van der Waals surface area contributed by atoms with E-state index in [1.807, 2.05) is 4.90 Å². The number of carbonyl (C=O) groups is 4. The standard InChI is InChI=1S/C24H29Br2N5O6/c1-24(2,3)37-23(35)28-14-7-8-31(12-14)18-9-13(21(33)27-11-19(32)36-4)5-6-16(18)30-22(34)17-10-15(25)20(26)29-17/h5-6,9-10,14,29H,7-8,11-12H2,1-4H3,(H,27,33)(H,28,35)(H,30,34)/t14-/m1/s1. The smallest absolute Gasteiger partial charge is 0.407 e. The third kappa shape index (κ3) is 7.96. The fourth-order valence-corrected chi connectivity index (χ4v) is 4.31. The number of benzene rings is 1. The van der Waals surface area contributed by atoms with Crippen molar-refractivity contribution >= 4 is 67.1 Å². The van der Waals surface area contributed by atoms with Crippen LogP contribution in [0.25, 0.3) is 0 Å². The largest absolute Gasteiger partial charge is 0.468 e. The predicted molar refractivity (Wildman–Crippen MR) is 145 cm³/mol. The van der Waals surface area contributed by atoms with Gasteiger partial charge in [-0.3, -0.25) is 14.4 Å². The predicted octanol–water partition coefficient (Wildman–Crippen LogP) is 3.80. The Bertz CT molecular complexity index is 1170. The van der Waals surface area contributed by atoms with Gasteiger partial charge in [-0.05, 0) is 83.3 Å². The highest BCUT2D eigenvalue weighted by molar-refractivity contribution is 9.13. The Balaban J connectivity index is 1.82. The van der Waals surface area contributed by atoms with E-state index in [1.165, 1.54) is 7.11 Å². The van der Waals surface area contributed by atoms with Crippen LogP contribution < -0.4 is 20.9 Å². The molecule has 1 aliphatic rings. The van der Waals surface area contributed by atoms with E-state index in [0.717, 1.165) is 0 Å². The molecular formula is C24H29Br2N5O6. The van der Waals surface area contributed by atoms with Crippen LogP contribution in [0.3, 0.4) is 0 Å². The lowest BCUT2D eigenvalue weighted by molar-refractivity contribution is -0.139. The van der Waals surface area contributed by atoms with Crippen LogP contribution in [-0.4, -0.2) is 67.2 Å². The molecule has 0 spiro atoms. The Labute approximate surface area is 231 Å². The van der Waals surface area contributed by atoms with Crippen molar-refractivity contribution in [3.05, 3.63) is 44.6 Å². The summed E-state index contributed by atoms with van der Waals surface area (Å²) in [5.74, 6) is -1.42. The van der Waals surface area contributed by atoms with Crippen LogP contribution in [0.2, 0.25) is 0 Å². The number of hydrogen-bond acceptors (Lipinski definition) is 7. The molecule has 0 saturated carbocycles. The molecule has 0 radical (unpaired) electrons. The lowest BCUT2D eigenvalue weighted by Gasteiger charge is -2.24. The molecule has 37 heavy (non-hydrogen) atoms. The van der Waals surface area contributed by atoms with Gasteiger partial charge in [0.15, 0.2) is 0 Å². The summed E-state index contributed by atoms with van der Waals surface area (Å²) in [7, 11) is 1.24. The van der Waals surface area contributed by atoms with E-state index in [-0.39, 0.29) is 18.5 Å². The van der Waals surface area contributed by atoms with E-state index >= 15 is 0 Å². The molecule has 1 saturated heterocycles. The van der Waals surface area contributed by atoms with Crippen molar-refractivity contribution in [3.63, 3.8) is 0 Å². The maximum absolute atomic E-state index is 12.9. The molecule has 1 aliphatic heterocycles. The average Bonchev–Trinajstić information content (AvgIpc) is 3.42. The minimum atomic E-state index is -0.618. The van der Waals surface area contributed by atoms with Gasteiger partial charge in [0.1, 0.15) is 17.8 Å². The van der Waals surface area contributed by atoms with Gasteiger partial charge in [0.25, 0.3) is 11.8 Å². The molecule has 3 amide bonds. The van der Waals surface area contributed by atoms with Gasteiger partial charge in [0, 0.05) is 18.7 Å². The molecule has 0 bridgehead atoms. The van der Waals surface area contributed by atoms with Crippen LogP contribution in [-0.2, 0) is 14.3 Å². The molecule has 1 aromatic heterocycles. The number of halogens is 2. The number of anilines is 2. The number of nitrogens with zero attached hydrogens (tertiary/aromatic N) is 1. The molecule has 11 nitrogen and oxygen atoms in total. The molecule has 4 N–H and O–H groups in total. The Morgan fingerprint density at radius 3 is 2.49 bits per heavy atom. The molecule has 2 heterocycles. The summed E-state index contributed by atoms with van der Waals surface area (Å²) in [6.07, 6.45) is 0.133. The van der Waals surface area contributed by atoms with Crippen LogP contribution in [0.1, 0.15) is 48.0 Å². The number of rotatable bonds is 7. The summed E-state index contributed by atoms with van der Waals surface area (Å²) >= 11 is 6.67. The summed E-state index contributed by atoms with van der Waals surface area (Å²) in [4.78, 5) is 54.1. The number of esters is 1. The second-order valence-electron chi connectivity index (χ2n) is 9.37. The first-order chi connectivity index (χ1) is 17.4. The third-order valence-electron chi connectivity index (χ3n) is 5.35. The van der Waals surface area contributed by atoms with Crippen LogP contribution in [0.15, 0.2) is 33.3 Å². The Hall–Kier alpha value is -3.06. The molecule has 0 aliphatic carbocycles. The average molecular weight is 643 g/mol. The third-order valence-corrected chi connectivity index (χ3v) is 7.13. The van der Waals surface area contributed by atoms with Gasteiger partial charge in [0.05, 0.1) is 33.6 Å². The van der Waals surface area contributed by atoms with Crippen molar-refractivity contribution < 1.29 is 28.7 Å². The van der Waals surface area contributed by atoms with Crippen LogP contribution in [0, 0.1) is 0 Å². The lowest BCUT2D eigenvalue weighted by atomic mass is 10.1. The minimum absolute atomic E-state index is 0.189. The van der Waals surface area contributed by atoms with Gasteiger partial charge in [-0.1, -0.05) is 0 Å². The van der Waals surface area contributed by atoms with Gasteiger partial charge in [-0.25, -0.2) is 4.79 Å². The van der Waals surface area contributed by atoms with E-state index in [4.69, 9.17) is 4.74 Å². The lowest BCUT2D eigenvalue weighted by Crippen LogP contribution is -2.40. The molecule has 200 valence electrons. The summed E-state index contributed by atoms with van der Waals surface area (Å²) in [6.45, 7) is 6.11.